The molecule has 0 bridgehead atoms. The molecule has 0 spiro atoms. The lowest BCUT2D eigenvalue weighted by atomic mass is 10.2. The fraction of sp³-hybridized carbons (Fsp3) is 0.765. The second-order valence-electron chi connectivity index (χ2n) is 5.08. The molecule has 5 heteroatoms. The monoisotopic (exact) mass is 343 g/mol. The number of nitriles is 1. The molecule has 0 rings (SSSR count). The third-order valence-electron chi connectivity index (χ3n) is 3.17. The summed E-state index contributed by atoms with van der Waals surface area (Å²) < 4.78 is 5.56. The summed E-state index contributed by atoms with van der Waals surface area (Å²) in [6.45, 7) is 4.38. The molecular formula is C17H29NO2S2. The van der Waals surface area contributed by atoms with E-state index in [1.54, 1.807) is 23.5 Å². The number of carbonyl (C=O) groups excluding carboxylic acids is 1. The predicted octanol–water partition coefficient (Wildman–Crippen LogP) is 5.52. The average Bonchev–Trinajstić information content (AvgIpc) is 2.54. The van der Waals surface area contributed by atoms with Gasteiger partial charge in [-0.15, -0.1) is 23.5 Å². The topological polar surface area (TPSA) is 50.1 Å². The van der Waals surface area contributed by atoms with Gasteiger partial charge in [0.1, 0.15) is 6.07 Å². The lowest BCUT2D eigenvalue weighted by Crippen LogP contribution is -2.05. The van der Waals surface area contributed by atoms with Crippen LogP contribution < -0.4 is 0 Å². The van der Waals surface area contributed by atoms with Crippen molar-refractivity contribution in [3.8, 4) is 6.07 Å². The van der Waals surface area contributed by atoms with Crippen LogP contribution in [0.25, 0.3) is 0 Å². The van der Waals surface area contributed by atoms with Crippen LogP contribution in [-0.4, -0.2) is 24.6 Å². The van der Waals surface area contributed by atoms with Crippen LogP contribution in [0.4, 0.5) is 0 Å². The maximum absolute atomic E-state index is 11.7. The molecule has 126 valence electrons. The Kier molecular flexibility index (Phi) is 14.9. The summed E-state index contributed by atoms with van der Waals surface area (Å²) in [7, 11) is 1.33. The van der Waals surface area contributed by atoms with Gasteiger partial charge in [-0.2, -0.15) is 5.26 Å². The largest absolute Gasteiger partial charge is 0.465 e. The molecule has 0 aromatic heterocycles. The average molecular weight is 344 g/mol. The second-order valence-corrected chi connectivity index (χ2v) is 7.55. The fourth-order valence-electron chi connectivity index (χ4n) is 1.85. The minimum absolute atomic E-state index is 0.170. The van der Waals surface area contributed by atoms with E-state index in [4.69, 9.17) is 4.74 Å². The highest BCUT2D eigenvalue weighted by Gasteiger charge is 2.16. The molecule has 0 saturated carbocycles. The lowest BCUT2D eigenvalue weighted by molar-refractivity contribution is -0.135. The summed E-state index contributed by atoms with van der Waals surface area (Å²) in [6.07, 6.45) is 9.57. The molecule has 0 aromatic rings. The van der Waals surface area contributed by atoms with Gasteiger partial charge in [-0.3, -0.25) is 0 Å². The van der Waals surface area contributed by atoms with Crippen molar-refractivity contribution in [3.05, 3.63) is 9.81 Å². The number of nitrogens with zero attached hydrogens (tertiary/aromatic N) is 1. The van der Waals surface area contributed by atoms with Gasteiger partial charge in [0, 0.05) is 0 Å². The van der Waals surface area contributed by atoms with Gasteiger partial charge in [0.2, 0.25) is 0 Å². The summed E-state index contributed by atoms with van der Waals surface area (Å²) in [5.41, 5.74) is 0.170. The predicted molar refractivity (Wildman–Crippen MR) is 97.9 cm³/mol. The van der Waals surface area contributed by atoms with Crippen LogP contribution in [-0.2, 0) is 9.53 Å². The van der Waals surface area contributed by atoms with Crippen LogP contribution in [0.3, 0.4) is 0 Å². The van der Waals surface area contributed by atoms with Gasteiger partial charge >= 0.3 is 5.97 Å². The Bertz CT molecular complexity index is 359. The van der Waals surface area contributed by atoms with Crippen molar-refractivity contribution in [1.82, 2.24) is 0 Å². The van der Waals surface area contributed by atoms with Crippen LogP contribution in [0.1, 0.15) is 65.2 Å². The molecule has 0 N–H and O–H groups in total. The number of unbranched alkanes of at least 4 members (excludes halogenated alkanes) is 6. The number of carbonyl (C=O) groups is 1. The molecule has 0 aliphatic carbocycles. The molecule has 0 atom stereocenters. The van der Waals surface area contributed by atoms with Gasteiger partial charge in [-0.25, -0.2) is 4.79 Å². The van der Waals surface area contributed by atoms with E-state index in [1.165, 1.54) is 45.6 Å². The molecule has 0 unspecified atom stereocenters. The van der Waals surface area contributed by atoms with Crippen LogP contribution in [0, 0.1) is 11.3 Å². The molecule has 0 amide bonds. The number of thioether (sulfide) groups is 2. The van der Waals surface area contributed by atoms with E-state index in [0.29, 0.717) is 0 Å². The Morgan fingerprint density at radius 1 is 0.955 bits per heavy atom. The Balaban J connectivity index is 4.52. The Labute approximate surface area is 144 Å². The molecule has 0 fully saturated rings. The summed E-state index contributed by atoms with van der Waals surface area (Å²) in [5, 5.41) is 9.24. The third-order valence-corrected chi connectivity index (χ3v) is 5.79. The first-order valence-electron chi connectivity index (χ1n) is 8.19. The number of methoxy groups -OCH3 is 1. The zero-order valence-corrected chi connectivity index (χ0v) is 15.8. The van der Waals surface area contributed by atoms with Crippen molar-refractivity contribution in [1.29, 1.82) is 5.26 Å². The van der Waals surface area contributed by atoms with Gasteiger partial charge in [-0.1, -0.05) is 52.4 Å². The summed E-state index contributed by atoms with van der Waals surface area (Å²) in [4.78, 5) is 11.7. The van der Waals surface area contributed by atoms with Crippen LogP contribution >= 0.6 is 23.5 Å². The molecule has 3 nitrogen and oxygen atoms in total. The zero-order chi connectivity index (χ0) is 16.6. The maximum Gasteiger partial charge on any atom is 0.350 e. The number of hydrogen-bond donors (Lipinski definition) is 0. The van der Waals surface area contributed by atoms with E-state index < -0.39 is 5.97 Å². The van der Waals surface area contributed by atoms with Crippen molar-refractivity contribution >= 4 is 29.5 Å². The number of ether oxygens (including phenoxy) is 1. The van der Waals surface area contributed by atoms with E-state index in [-0.39, 0.29) is 5.57 Å². The van der Waals surface area contributed by atoms with Crippen LogP contribution in [0.2, 0.25) is 0 Å². The highest BCUT2D eigenvalue weighted by Crippen LogP contribution is 2.33. The second kappa shape index (κ2) is 15.3. The number of esters is 1. The minimum Gasteiger partial charge on any atom is -0.465 e. The molecular weight excluding hydrogens is 314 g/mol. The first-order valence-corrected chi connectivity index (χ1v) is 10.2. The Morgan fingerprint density at radius 3 is 1.82 bits per heavy atom. The summed E-state index contributed by atoms with van der Waals surface area (Å²) in [5.74, 6) is 1.40. The van der Waals surface area contributed by atoms with Gasteiger partial charge in [0.15, 0.2) is 5.57 Å². The van der Waals surface area contributed by atoms with Crippen molar-refractivity contribution in [2.24, 2.45) is 0 Å². The highest BCUT2D eigenvalue weighted by atomic mass is 32.2. The zero-order valence-electron chi connectivity index (χ0n) is 14.2. The van der Waals surface area contributed by atoms with Gasteiger partial charge in [0.25, 0.3) is 0 Å². The number of hydrogen-bond acceptors (Lipinski definition) is 5. The van der Waals surface area contributed by atoms with Crippen molar-refractivity contribution in [3.63, 3.8) is 0 Å². The van der Waals surface area contributed by atoms with Gasteiger partial charge in [0.05, 0.1) is 11.3 Å². The fourth-order valence-corrected chi connectivity index (χ4v) is 4.30. The van der Waals surface area contributed by atoms with Crippen molar-refractivity contribution in [2.75, 3.05) is 18.6 Å². The number of rotatable bonds is 13. The molecule has 0 heterocycles. The minimum atomic E-state index is -0.514. The standard InChI is InChI=1S/C17H29NO2S2/c1-4-6-8-10-12-21-17(15(14-18)16(19)20-3)22-13-11-9-7-5-2/h4-13H2,1-3H3. The SMILES string of the molecule is CCCCCCSC(SCCCCCC)=C(C#N)C(=O)OC. The quantitative estimate of drug-likeness (QED) is 0.191. The van der Waals surface area contributed by atoms with Crippen LogP contribution in [0.15, 0.2) is 9.81 Å². The Hall–Kier alpha value is -0.600. The molecule has 0 aliphatic heterocycles. The van der Waals surface area contributed by atoms with Crippen LogP contribution in [0.5, 0.6) is 0 Å². The van der Waals surface area contributed by atoms with E-state index in [2.05, 4.69) is 13.8 Å². The molecule has 0 aromatic carbocycles. The third kappa shape index (κ3) is 10.2. The molecule has 0 radical (unpaired) electrons. The molecule has 0 saturated heterocycles. The first kappa shape index (κ1) is 21.4. The normalized spacial score (nSPS) is 10.1. The van der Waals surface area contributed by atoms with Crippen molar-refractivity contribution < 1.29 is 9.53 Å². The van der Waals surface area contributed by atoms with E-state index in [9.17, 15) is 10.1 Å². The van der Waals surface area contributed by atoms with Gasteiger partial charge in [-0.05, 0) is 24.3 Å². The first-order chi connectivity index (χ1) is 10.7. The summed E-state index contributed by atoms with van der Waals surface area (Å²) in [6, 6.07) is 2.02. The Morgan fingerprint density at radius 2 is 1.45 bits per heavy atom. The lowest BCUT2D eigenvalue weighted by Gasteiger charge is -2.09. The van der Waals surface area contributed by atoms with Gasteiger partial charge < -0.3 is 4.74 Å². The van der Waals surface area contributed by atoms with E-state index in [0.717, 1.165) is 28.6 Å². The smallest absolute Gasteiger partial charge is 0.350 e. The van der Waals surface area contributed by atoms with Crippen molar-refractivity contribution in [2.45, 2.75) is 65.2 Å². The summed E-state index contributed by atoms with van der Waals surface area (Å²) >= 11 is 3.26. The maximum atomic E-state index is 11.7. The highest BCUT2D eigenvalue weighted by molar-refractivity contribution is 8.22. The van der Waals surface area contributed by atoms with E-state index in [1.807, 2.05) is 6.07 Å². The van der Waals surface area contributed by atoms with E-state index >= 15 is 0 Å². The molecule has 0 aliphatic rings. The molecule has 22 heavy (non-hydrogen) atoms.